The van der Waals surface area contributed by atoms with Gasteiger partial charge in [0.1, 0.15) is 18.2 Å². The first-order valence-corrected chi connectivity index (χ1v) is 4.84. The monoisotopic (exact) mass is 202 g/mol. The van der Waals surface area contributed by atoms with Gasteiger partial charge in [0, 0.05) is 7.11 Å². The maximum absolute atomic E-state index is 13.4. The standard InChI is InChI=1S/C10H15FO3/c1-13-7-14-9-2-4-10(12,5-3-9)8(11)6-9/h6,12H,2-5,7H2,1H3. The molecule has 0 saturated heterocycles. The van der Waals surface area contributed by atoms with Crippen LogP contribution in [0.2, 0.25) is 0 Å². The van der Waals surface area contributed by atoms with E-state index in [9.17, 15) is 9.50 Å². The van der Waals surface area contributed by atoms with Gasteiger partial charge in [0.05, 0.1) is 5.60 Å². The predicted octanol–water partition coefficient (Wildman–Crippen LogP) is 1.52. The van der Waals surface area contributed by atoms with Crippen LogP contribution in [0.15, 0.2) is 11.9 Å². The van der Waals surface area contributed by atoms with Crippen molar-refractivity contribution in [1.82, 2.24) is 0 Å². The van der Waals surface area contributed by atoms with Gasteiger partial charge in [-0.2, -0.15) is 0 Å². The van der Waals surface area contributed by atoms with Gasteiger partial charge in [0.25, 0.3) is 0 Å². The van der Waals surface area contributed by atoms with E-state index in [0.717, 1.165) is 0 Å². The van der Waals surface area contributed by atoms with E-state index in [0.29, 0.717) is 25.7 Å². The molecule has 4 heteroatoms. The molecule has 0 heterocycles. The van der Waals surface area contributed by atoms with Crippen LogP contribution < -0.4 is 0 Å². The smallest absolute Gasteiger partial charge is 0.147 e. The second-order valence-corrected chi connectivity index (χ2v) is 4.14. The number of ether oxygens (including phenoxy) is 2. The lowest BCUT2D eigenvalue weighted by molar-refractivity contribution is -0.154. The fraction of sp³-hybridized carbons (Fsp3) is 0.800. The average molecular weight is 202 g/mol. The van der Waals surface area contributed by atoms with Gasteiger partial charge >= 0.3 is 0 Å². The van der Waals surface area contributed by atoms with Gasteiger partial charge < -0.3 is 14.6 Å². The van der Waals surface area contributed by atoms with Crippen LogP contribution >= 0.6 is 0 Å². The second-order valence-electron chi connectivity index (χ2n) is 4.14. The van der Waals surface area contributed by atoms with Crippen molar-refractivity contribution in [2.75, 3.05) is 13.9 Å². The molecule has 0 aromatic rings. The van der Waals surface area contributed by atoms with Crippen molar-refractivity contribution in [2.45, 2.75) is 36.9 Å². The summed E-state index contributed by atoms with van der Waals surface area (Å²) in [7, 11) is 1.54. The molecular weight excluding hydrogens is 187 g/mol. The minimum absolute atomic E-state index is 0.169. The Hall–Kier alpha value is -0.450. The lowest BCUT2D eigenvalue weighted by atomic mass is 9.69. The van der Waals surface area contributed by atoms with E-state index >= 15 is 0 Å². The Kier molecular flexibility index (Phi) is 2.37. The third-order valence-corrected chi connectivity index (χ3v) is 3.22. The summed E-state index contributed by atoms with van der Waals surface area (Å²) in [5.74, 6) is -0.439. The molecule has 1 saturated carbocycles. The fourth-order valence-electron chi connectivity index (χ4n) is 2.20. The minimum Gasteiger partial charge on any atom is -0.383 e. The summed E-state index contributed by atoms with van der Waals surface area (Å²) in [6.45, 7) is 0.169. The Bertz CT molecular complexity index is 254. The Morgan fingerprint density at radius 1 is 1.43 bits per heavy atom. The first-order valence-electron chi connectivity index (χ1n) is 4.84. The largest absolute Gasteiger partial charge is 0.383 e. The topological polar surface area (TPSA) is 38.7 Å². The molecule has 0 radical (unpaired) electrons. The van der Waals surface area contributed by atoms with Gasteiger partial charge in [-0.25, -0.2) is 4.39 Å². The highest BCUT2D eigenvalue weighted by molar-refractivity contribution is 5.25. The van der Waals surface area contributed by atoms with Crippen molar-refractivity contribution in [1.29, 1.82) is 0 Å². The van der Waals surface area contributed by atoms with Gasteiger partial charge in [0.2, 0.25) is 0 Å². The van der Waals surface area contributed by atoms with Crippen LogP contribution in [-0.4, -0.2) is 30.2 Å². The Labute approximate surface area is 82.5 Å². The number of fused-ring (bicyclic) bond motifs is 2. The molecule has 0 spiro atoms. The maximum atomic E-state index is 13.4. The Morgan fingerprint density at radius 3 is 2.57 bits per heavy atom. The highest BCUT2D eigenvalue weighted by Gasteiger charge is 2.49. The lowest BCUT2D eigenvalue weighted by Gasteiger charge is -2.46. The number of aliphatic hydroxyl groups is 1. The summed E-state index contributed by atoms with van der Waals surface area (Å²) in [5, 5.41) is 9.80. The molecular formula is C10H15FO3. The first kappa shape index (κ1) is 10.1. The van der Waals surface area contributed by atoms with E-state index in [1.165, 1.54) is 6.08 Å². The molecule has 3 aliphatic rings. The van der Waals surface area contributed by atoms with Crippen molar-refractivity contribution < 1.29 is 19.0 Å². The van der Waals surface area contributed by atoms with Crippen LogP contribution in [0.25, 0.3) is 0 Å². The van der Waals surface area contributed by atoms with Crippen molar-refractivity contribution >= 4 is 0 Å². The zero-order chi connectivity index (χ0) is 10.2. The third kappa shape index (κ3) is 1.47. The SMILES string of the molecule is COCOC12C=C(F)C(O)(CC1)CC2. The number of rotatable bonds is 3. The first-order chi connectivity index (χ1) is 6.60. The van der Waals surface area contributed by atoms with E-state index in [4.69, 9.17) is 9.47 Å². The highest BCUT2D eigenvalue weighted by atomic mass is 19.1. The van der Waals surface area contributed by atoms with E-state index in [1.807, 2.05) is 0 Å². The fourth-order valence-corrected chi connectivity index (χ4v) is 2.20. The number of methoxy groups -OCH3 is 1. The Morgan fingerprint density at radius 2 is 2.07 bits per heavy atom. The summed E-state index contributed by atoms with van der Waals surface area (Å²) in [5.41, 5.74) is -1.75. The highest BCUT2D eigenvalue weighted by Crippen LogP contribution is 2.48. The summed E-state index contributed by atoms with van der Waals surface area (Å²) in [6.07, 6.45) is 3.64. The molecule has 2 bridgehead atoms. The second kappa shape index (κ2) is 3.29. The molecule has 80 valence electrons. The van der Waals surface area contributed by atoms with E-state index in [1.54, 1.807) is 7.11 Å². The third-order valence-electron chi connectivity index (χ3n) is 3.22. The molecule has 0 amide bonds. The van der Waals surface area contributed by atoms with Crippen LogP contribution in [-0.2, 0) is 9.47 Å². The predicted molar refractivity (Wildman–Crippen MR) is 48.3 cm³/mol. The summed E-state index contributed by atoms with van der Waals surface area (Å²) < 4.78 is 23.7. The lowest BCUT2D eigenvalue weighted by Crippen LogP contribution is -2.49. The molecule has 1 N–H and O–H groups in total. The molecule has 3 rings (SSSR count). The van der Waals surface area contributed by atoms with Gasteiger partial charge in [-0.15, -0.1) is 0 Å². The van der Waals surface area contributed by atoms with Crippen LogP contribution in [0, 0.1) is 0 Å². The quantitative estimate of drug-likeness (QED) is 0.705. The zero-order valence-electron chi connectivity index (χ0n) is 8.25. The van der Waals surface area contributed by atoms with Crippen molar-refractivity contribution in [3.05, 3.63) is 11.9 Å². The zero-order valence-corrected chi connectivity index (χ0v) is 8.25. The van der Waals surface area contributed by atoms with Crippen molar-refractivity contribution in [3.8, 4) is 0 Å². The van der Waals surface area contributed by atoms with E-state index in [-0.39, 0.29) is 6.79 Å². The van der Waals surface area contributed by atoms with Crippen molar-refractivity contribution in [3.63, 3.8) is 0 Å². The summed E-state index contributed by atoms with van der Waals surface area (Å²) >= 11 is 0. The molecule has 3 nitrogen and oxygen atoms in total. The molecule has 1 fully saturated rings. The normalized spacial score (nSPS) is 41.2. The van der Waals surface area contributed by atoms with E-state index < -0.39 is 17.0 Å². The van der Waals surface area contributed by atoms with Crippen LogP contribution in [0.1, 0.15) is 25.7 Å². The maximum Gasteiger partial charge on any atom is 0.147 e. The molecule has 0 aromatic carbocycles. The van der Waals surface area contributed by atoms with Crippen LogP contribution in [0.5, 0.6) is 0 Å². The number of hydrogen-bond acceptors (Lipinski definition) is 3. The van der Waals surface area contributed by atoms with Crippen LogP contribution in [0.3, 0.4) is 0 Å². The van der Waals surface area contributed by atoms with Gasteiger partial charge in [-0.1, -0.05) is 0 Å². The number of halogens is 1. The molecule has 3 aliphatic carbocycles. The summed E-state index contributed by atoms with van der Waals surface area (Å²) in [4.78, 5) is 0. The molecule has 14 heavy (non-hydrogen) atoms. The van der Waals surface area contributed by atoms with Gasteiger partial charge in [-0.05, 0) is 31.8 Å². The molecule has 0 atom stereocenters. The molecule has 0 unspecified atom stereocenters. The molecule has 0 aromatic heterocycles. The van der Waals surface area contributed by atoms with Gasteiger partial charge in [0.15, 0.2) is 0 Å². The van der Waals surface area contributed by atoms with Crippen LogP contribution in [0.4, 0.5) is 4.39 Å². The summed E-state index contributed by atoms with van der Waals surface area (Å²) in [6, 6.07) is 0. The van der Waals surface area contributed by atoms with E-state index in [2.05, 4.69) is 0 Å². The van der Waals surface area contributed by atoms with Gasteiger partial charge in [-0.3, -0.25) is 0 Å². The number of hydrogen-bond donors (Lipinski definition) is 1. The average Bonchev–Trinajstić information content (AvgIpc) is 2.19. The molecule has 0 aliphatic heterocycles. The minimum atomic E-state index is -1.21. The Balaban J connectivity index is 2.16. The van der Waals surface area contributed by atoms with Crippen molar-refractivity contribution in [2.24, 2.45) is 0 Å².